The number of rotatable bonds is 6. The van der Waals surface area contributed by atoms with Gasteiger partial charge in [0.05, 0.1) is 5.56 Å². The molecule has 0 radical (unpaired) electrons. The first kappa shape index (κ1) is 22.7. The maximum atomic E-state index is 14.1. The number of amides is 1. The molecule has 1 fully saturated rings. The molecule has 1 aromatic carbocycles. The molecule has 2 aliphatic carbocycles. The van der Waals surface area contributed by atoms with Crippen molar-refractivity contribution in [3.05, 3.63) is 80.9 Å². The Morgan fingerprint density at radius 3 is 2.58 bits per heavy atom. The molecule has 9 heteroatoms. The summed E-state index contributed by atoms with van der Waals surface area (Å²) in [6.07, 6.45) is 5.48. The van der Waals surface area contributed by atoms with E-state index in [-0.39, 0.29) is 39.9 Å². The predicted octanol–water partition coefficient (Wildman–Crippen LogP) is 3.06. The van der Waals surface area contributed by atoms with E-state index in [1.54, 1.807) is 4.90 Å². The van der Waals surface area contributed by atoms with Crippen LogP contribution in [0.1, 0.15) is 55.1 Å². The summed E-state index contributed by atoms with van der Waals surface area (Å²) in [5.74, 6) is -1.87. The van der Waals surface area contributed by atoms with Crippen LogP contribution in [0.2, 0.25) is 0 Å². The summed E-state index contributed by atoms with van der Waals surface area (Å²) in [6.45, 7) is 2.40. The zero-order valence-electron chi connectivity index (χ0n) is 18.4. The Kier molecular flexibility index (Phi) is 6.05. The van der Waals surface area contributed by atoms with Crippen LogP contribution in [0.4, 0.5) is 8.78 Å². The van der Waals surface area contributed by atoms with Crippen LogP contribution in [0.15, 0.2) is 52.5 Å². The van der Waals surface area contributed by atoms with Crippen LogP contribution in [-0.4, -0.2) is 33.1 Å². The molecule has 2 aromatic rings. The third-order valence-electron chi connectivity index (χ3n) is 6.56. The summed E-state index contributed by atoms with van der Waals surface area (Å²) in [7, 11) is 0. The van der Waals surface area contributed by atoms with E-state index in [1.807, 2.05) is 6.92 Å². The highest BCUT2D eigenvalue weighted by Crippen LogP contribution is 2.43. The largest absolute Gasteiger partial charge is 0.402 e. The van der Waals surface area contributed by atoms with E-state index in [4.69, 9.17) is 11.5 Å². The predicted molar refractivity (Wildman–Crippen MR) is 121 cm³/mol. The first-order chi connectivity index (χ1) is 15.7. The smallest absolute Gasteiger partial charge is 0.274 e. The summed E-state index contributed by atoms with van der Waals surface area (Å²) < 4.78 is 28.3. The highest BCUT2D eigenvalue weighted by atomic mass is 19.1. The second-order valence-corrected chi connectivity index (χ2v) is 8.99. The number of carbonyl (C=O) groups excluding carboxylic acids is 1. The molecule has 5 N–H and O–H groups in total. The second-order valence-electron chi connectivity index (χ2n) is 8.99. The van der Waals surface area contributed by atoms with E-state index in [0.29, 0.717) is 18.7 Å². The summed E-state index contributed by atoms with van der Waals surface area (Å²) >= 11 is 0. The second kappa shape index (κ2) is 8.80. The van der Waals surface area contributed by atoms with Crippen LogP contribution in [0.3, 0.4) is 0 Å². The van der Waals surface area contributed by atoms with Crippen molar-refractivity contribution >= 4 is 11.6 Å². The van der Waals surface area contributed by atoms with Gasteiger partial charge >= 0.3 is 0 Å². The standard InChI is InChI=1S/C24H27F2N5O2/c1-24(10-11-24)31(23(33)19-8-9-20(32)30-29-19)13-15-5-2-4-14(22(15)28)12-18(27)21-16(25)6-3-7-17(21)26/h3,6-9,12,15H,2,4-5,10-11,13,27-28H2,1H3,(H,30,32)/b18-12-. The molecule has 1 heterocycles. The Morgan fingerprint density at radius 1 is 1.27 bits per heavy atom. The number of nitrogens with one attached hydrogen (secondary N) is 1. The fourth-order valence-corrected chi connectivity index (χ4v) is 4.30. The maximum Gasteiger partial charge on any atom is 0.274 e. The minimum Gasteiger partial charge on any atom is -0.402 e. The van der Waals surface area contributed by atoms with Crippen LogP contribution < -0.4 is 17.0 Å². The van der Waals surface area contributed by atoms with Gasteiger partial charge in [-0.1, -0.05) is 6.07 Å². The van der Waals surface area contributed by atoms with Crippen molar-refractivity contribution in [2.24, 2.45) is 17.4 Å². The number of hydrogen-bond donors (Lipinski definition) is 3. The van der Waals surface area contributed by atoms with Crippen LogP contribution in [0, 0.1) is 17.6 Å². The summed E-state index contributed by atoms with van der Waals surface area (Å²) in [5, 5.41) is 6.19. The van der Waals surface area contributed by atoms with Crippen LogP contribution in [-0.2, 0) is 0 Å². The molecular formula is C24H27F2N5O2. The quantitative estimate of drug-likeness (QED) is 0.619. The van der Waals surface area contributed by atoms with Gasteiger partial charge in [-0.2, -0.15) is 5.10 Å². The fraction of sp³-hybridized carbons (Fsp3) is 0.375. The molecule has 0 bridgehead atoms. The lowest BCUT2D eigenvalue weighted by Gasteiger charge is -2.35. The van der Waals surface area contributed by atoms with Gasteiger partial charge in [-0.25, -0.2) is 13.9 Å². The number of allylic oxidation sites excluding steroid dienone is 2. The zero-order valence-corrected chi connectivity index (χ0v) is 18.4. The third-order valence-corrected chi connectivity index (χ3v) is 6.56. The average molecular weight is 456 g/mol. The van der Waals surface area contributed by atoms with E-state index >= 15 is 0 Å². The number of carbonyl (C=O) groups is 1. The summed E-state index contributed by atoms with van der Waals surface area (Å²) in [6, 6.07) is 6.29. The lowest BCUT2D eigenvalue weighted by atomic mass is 9.85. The van der Waals surface area contributed by atoms with Crippen molar-refractivity contribution in [2.75, 3.05) is 6.54 Å². The molecule has 1 unspecified atom stereocenters. The number of nitrogens with two attached hydrogens (primary N) is 2. The van der Waals surface area contributed by atoms with Gasteiger partial charge in [0, 0.05) is 35.5 Å². The molecule has 2 aliphatic rings. The lowest BCUT2D eigenvalue weighted by molar-refractivity contribution is 0.0626. The maximum absolute atomic E-state index is 14.1. The normalized spacial score (nSPS) is 20.0. The molecule has 1 saturated carbocycles. The van der Waals surface area contributed by atoms with E-state index in [0.717, 1.165) is 43.4 Å². The van der Waals surface area contributed by atoms with E-state index in [1.165, 1.54) is 24.3 Å². The average Bonchev–Trinajstić information content (AvgIpc) is 3.52. The lowest BCUT2D eigenvalue weighted by Crippen LogP contribution is -2.45. The molecule has 1 aromatic heterocycles. The Bertz CT molecular complexity index is 1160. The van der Waals surface area contributed by atoms with Gasteiger partial charge in [-0.15, -0.1) is 0 Å². The molecule has 1 atom stereocenters. The summed E-state index contributed by atoms with van der Waals surface area (Å²) in [5.41, 5.74) is 13.0. The Balaban J connectivity index is 1.61. The molecule has 33 heavy (non-hydrogen) atoms. The molecular weight excluding hydrogens is 428 g/mol. The molecule has 174 valence electrons. The van der Waals surface area contributed by atoms with Crippen molar-refractivity contribution in [3.8, 4) is 0 Å². The monoisotopic (exact) mass is 455 g/mol. The number of benzene rings is 1. The third kappa shape index (κ3) is 4.67. The Labute approximate surface area is 190 Å². The van der Waals surface area contributed by atoms with Crippen molar-refractivity contribution in [1.82, 2.24) is 15.1 Å². The number of halogens is 2. The van der Waals surface area contributed by atoms with Crippen LogP contribution in [0.25, 0.3) is 5.70 Å². The SMILES string of the molecule is CC1(N(CC2CCCC(/C=C(\N)c3c(F)cccc3F)=C2N)C(=O)c2ccc(=O)[nH]n2)CC1. The number of aromatic nitrogens is 2. The number of H-pyrrole nitrogens is 1. The van der Waals surface area contributed by atoms with E-state index < -0.39 is 11.6 Å². The molecule has 1 amide bonds. The Hall–Kier alpha value is -3.49. The fourth-order valence-electron chi connectivity index (χ4n) is 4.30. The first-order valence-corrected chi connectivity index (χ1v) is 11.0. The molecule has 0 saturated heterocycles. The first-order valence-electron chi connectivity index (χ1n) is 11.0. The van der Waals surface area contributed by atoms with Gasteiger partial charge in [0.15, 0.2) is 0 Å². The van der Waals surface area contributed by atoms with E-state index in [9.17, 15) is 18.4 Å². The number of nitrogens with zero attached hydrogens (tertiary/aromatic N) is 2. The van der Waals surface area contributed by atoms with Crippen LogP contribution >= 0.6 is 0 Å². The van der Waals surface area contributed by atoms with E-state index in [2.05, 4.69) is 10.2 Å². The minimum absolute atomic E-state index is 0.0243. The molecule has 0 spiro atoms. The topological polar surface area (TPSA) is 118 Å². The van der Waals surface area contributed by atoms with Gasteiger partial charge in [0.2, 0.25) is 0 Å². The zero-order chi connectivity index (χ0) is 23.8. The van der Waals surface area contributed by atoms with Crippen molar-refractivity contribution in [1.29, 1.82) is 0 Å². The highest BCUT2D eigenvalue weighted by Gasteiger charge is 2.47. The Morgan fingerprint density at radius 2 is 1.97 bits per heavy atom. The van der Waals surface area contributed by atoms with Crippen LogP contribution in [0.5, 0.6) is 0 Å². The van der Waals surface area contributed by atoms with Crippen molar-refractivity contribution < 1.29 is 13.6 Å². The summed E-state index contributed by atoms with van der Waals surface area (Å²) in [4.78, 5) is 26.3. The van der Waals surface area contributed by atoms with Gasteiger partial charge in [-0.05, 0) is 68.9 Å². The van der Waals surface area contributed by atoms with Crippen molar-refractivity contribution in [2.45, 2.75) is 44.6 Å². The number of aromatic amines is 1. The number of hydrogen-bond acceptors (Lipinski definition) is 5. The molecule has 7 nitrogen and oxygen atoms in total. The van der Waals surface area contributed by atoms with Gasteiger partial charge in [-0.3, -0.25) is 9.59 Å². The minimum atomic E-state index is -0.734. The molecule has 0 aliphatic heterocycles. The van der Waals surface area contributed by atoms with Gasteiger partial charge in [0.1, 0.15) is 17.3 Å². The van der Waals surface area contributed by atoms with Crippen molar-refractivity contribution in [3.63, 3.8) is 0 Å². The van der Waals surface area contributed by atoms with Gasteiger partial charge in [0.25, 0.3) is 11.5 Å². The van der Waals surface area contributed by atoms with Gasteiger partial charge < -0.3 is 16.4 Å². The highest BCUT2D eigenvalue weighted by molar-refractivity contribution is 5.93. The molecule has 4 rings (SSSR count).